The van der Waals surface area contributed by atoms with Crippen molar-refractivity contribution < 1.29 is 9.84 Å². The van der Waals surface area contributed by atoms with Crippen molar-refractivity contribution >= 4 is 12.4 Å². The van der Waals surface area contributed by atoms with Crippen LogP contribution in [0.15, 0.2) is 20.9 Å². The van der Waals surface area contributed by atoms with E-state index in [2.05, 4.69) is 15.0 Å². The molecule has 1 aromatic heterocycles. The second-order valence-corrected chi connectivity index (χ2v) is 4.30. The number of aliphatic hydroxyl groups excluding tert-OH is 1. The molecule has 0 amide bonds. The van der Waals surface area contributed by atoms with Crippen LogP contribution in [-0.4, -0.2) is 33.4 Å². The first-order chi connectivity index (χ1) is 9.06. The van der Waals surface area contributed by atoms with Gasteiger partial charge in [-0.1, -0.05) is 5.11 Å². The highest BCUT2D eigenvalue weighted by molar-refractivity contribution is 5.85. The molecule has 110 valence electrons. The van der Waals surface area contributed by atoms with Crippen molar-refractivity contribution in [3.05, 3.63) is 43.0 Å². The largest absolute Gasteiger partial charge is 0.394 e. The fraction of sp³-hybridized carbons (Fsp3) is 0.600. The Hall–Kier alpha value is -1.80. The van der Waals surface area contributed by atoms with E-state index in [-0.39, 0.29) is 25.4 Å². The predicted molar refractivity (Wildman–Crippen MR) is 71.9 cm³/mol. The molecule has 20 heavy (non-hydrogen) atoms. The summed E-state index contributed by atoms with van der Waals surface area (Å²) in [6, 6.07) is -0.542. The Labute approximate surface area is 119 Å². The molecule has 1 aliphatic heterocycles. The second-order valence-electron chi connectivity index (χ2n) is 4.30. The van der Waals surface area contributed by atoms with Crippen LogP contribution in [0.2, 0.25) is 0 Å². The van der Waals surface area contributed by atoms with E-state index in [1.807, 2.05) is 0 Å². The zero-order chi connectivity index (χ0) is 14.0. The van der Waals surface area contributed by atoms with Gasteiger partial charge in [0.2, 0.25) is 0 Å². The van der Waals surface area contributed by atoms with E-state index in [1.165, 1.54) is 10.8 Å². The molecule has 0 aromatic carbocycles. The summed E-state index contributed by atoms with van der Waals surface area (Å²) in [4.78, 5) is 27.8. The minimum Gasteiger partial charge on any atom is -0.394 e. The fourth-order valence-electron chi connectivity index (χ4n) is 2.04. The summed E-state index contributed by atoms with van der Waals surface area (Å²) in [6.07, 6.45) is 0.329. The highest BCUT2D eigenvalue weighted by atomic mass is 35.5. The van der Waals surface area contributed by atoms with Gasteiger partial charge in [0.1, 0.15) is 6.23 Å². The standard InChI is InChI=1S/C10H13N5O4.ClH/c1-5-3-15(10(18)12-9(5)17)8-2-6(13-14-11)7(4-16)19-8;/h3,6-8,16H,2,4H2,1H3,(H,12,17,18);1H/t6-,7+,8+;/m0./s1. The van der Waals surface area contributed by atoms with E-state index in [1.54, 1.807) is 6.92 Å². The molecule has 0 saturated carbocycles. The second kappa shape index (κ2) is 6.58. The number of H-pyrrole nitrogens is 1. The average Bonchev–Trinajstić information content (AvgIpc) is 2.77. The first-order valence-electron chi connectivity index (χ1n) is 5.69. The number of aliphatic hydroxyl groups is 1. The van der Waals surface area contributed by atoms with E-state index in [0.717, 1.165) is 0 Å². The van der Waals surface area contributed by atoms with Gasteiger partial charge in [0, 0.05) is 23.1 Å². The minimum absolute atomic E-state index is 0. The molecule has 2 heterocycles. The van der Waals surface area contributed by atoms with Crippen molar-refractivity contribution in [1.29, 1.82) is 0 Å². The highest BCUT2D eigenvalue weighted by Crippen LogP contribution is 2.29. The average molecular weight is 304 g/mol. The lowest BCUT2D eigenvalue weighted by atomic mass is 10.1. The Morgan fingerprint density at radius 1 is 1.65 bits per heavy atom. The van der Waals surface area contributed by atoms with Crippen LogP contribution in [0.25, 0.3) is 10.4 Å². The molecule has 0 unspecified atom stereocenters. The van der Waals surface area contributed by atoms with Gasteiger partial charge in [-0.3, -0.25) is 14.3 Å². The number of halogens is 1. The van der Waals surface area contributed by atoms with Crippen LogP contribution in [0.3, 0.4) is 0 Å². The van der Waals surface area contributed by atoms with Gasteiger partial charge in [0.25, 0.3) is 5.56 Å². The zero-order valence-corrected chi connectivity index (χ0v) is 11.4. The third kappa shape index (κ3) is 3.02. The molecule has 0 bridgehead atoms. The molecule has 3 atom stereocenters. The van der Waals surface area contributed by atoms with Gasteiger partial charge in [0.05, 0.1) is 18.8 Å². The van der Waals surface area contributed by atoms with Crippen LogP contribution in [0.4, 0.5) is 0 Å². The van der Waals surface area contributed by atoms with Crippen LogP contribution >= 0.6 is 12.4 Å². The Balaban J connectivity index is 0.00000200. The van der Waals surface area contributed by atoms with E-state index in [9.17, 15) is 9.59 Å². The van der Waals surface area contributed by atoms with Crippen LogP contribution in [0, 0.1) is 6.92 Å². The van der Waals surface area contributed by atoms with Crippen LogP contribution in [0.5, 0.6) is 0 Å². The summed E-state index contributed by atoms with van der Waals surface area (Å²) in [7, 11) is 0. The zero-order valence-electron chi connectivity index (χ0n) is 10.6. The quantitative estimate of drug-likeness (QED) is 0.469. The summed E-state index contributed by atoms with van der Waals surface area (Å²) in [5, 5.41) is 12.7. The minimum atomic E-state index is -0.671. The molecule has 1 saturated heterocycles. The number of aryl methyl sites for hydroxylation is 1. The van der Waals surface area contributed by atoms with Gasteiger partial charge in [0.15, 0.2) is 0 Å². The van der Waals surface area contributed by atoms with Crippen LogP contribution in [-0.2, 0) is 4.74 Å². The van der Waals surface area contributed by atoms with Gasteiger partial charge in [-0.2, -0.15) is 0 Å². The molecule has 0 radical (unpaired) electrons. The van der Waals surface area contributed by atoms with Crippen molar-refractivity contribution in [3.8, 4) is 0 Å². The lowest BCUT2D eigenvalue weighted by Gasteiger charge is -2.14. The molecule has 9 nitrogen and oxygen atoms in total. The van der Waals surface area contributed by atoms with Crippen molar-refractivity contribution in [1.82, 2.24) is 9.55 Å². The molecule has 10 heteroatoms. The van der Waals surface area contributed by atoms with Crippen LogP contribution in [0.1, 0.15) is 18.2 Å². The van der Waals surface area contributed by atoms with Gasteiger partial charge < -0.3 is 9.84 Å². The number of hydrogen-bond donors (Lipinski definition) is 2. The van der Waals surface area contributed by atoms with Crippen molar-refractivity contribution in [2.24, 2.45) is 5.11 Å². The number of aromatic nitrogens is 2. The summed E-state index contributed by atoms with van der Waals surface area (Å²) in [5.41, 5.74) is 7.76. The van der Waals surface area contributed by atoms with E-state index < -0.39 is 29.6 Å². The van der Waals surface area contributed by atoms with E-state index in [4.69, 9.17) is 15.4 Å². The predicted octanol–water partition coefficient (Wildman–Crippen LogP) is 0.226. The van der Waals surface area contributed by atoms with Crippen LogP contribution < -0.4 is 11.2 Å². The summed E-state index contributed by atoms with van der Waals surface area (Å²) in [5.74, 6) is 0. The first kappa shape index (κ1) is 16.3. The molecule has 1 fully saturated rings. The number of nitrogens with zero attached hydrogens (tertiary/aromatic N) is 4. The topological polar surface area (TPSA) is 133 Å². The Bertz CT molecular complexity index is 635. The van der Waals surface area contributed by atoms with Crippen molar-refractivity contribution in [2.75, 3.05) is 6.61 Å². The fourth-order valence-corrected chi connectivity index (χ4v) is 2.04. The molecule has 0 aliphatic carbocycles. The summed E-state index contributed by atoms with van der Waals surface area (Å²) in [6.45, 7) is 1.26. The smallest absolute Gasteiger partial charge is 0.330 e. The van der Waals surface area contributed by atoms with Gasteiger partial charge >= 0.3 is 5.69 Å². The number of rotatable bonds is 3. The molecular weight excluding hydrogens is 290 g/mol. The Morgan fingerprint density at radius 2 is 2.35 bits per heavy atom. The molecule has 1 aromatic rings. The van der Waals surface area contributed by atoms with Crippen molar-refractivity contribution in [3.63, 3.8) is 0 Å². The number of hydrogen-bond acceptors (Lipinski definition) is 5. The number of nitrogens with one attached hydrogen (secondary N) is 1. The molecule has 2 N–H and O–H groups in total. The summed E-state index contributed by atoms with van der Waals surface area (Å²) >= 11 is 0. The number of aromatic amines is 1. The maximum atomic E-state index is 11.7. The normalized spacial score (nSPS) is 24.8. The monoisotopic (exact) mass is 303 g/mol. The SMILES string of the molecule is Cc1cn([C@H]2C[C@H](N=[N+]=[N-])[C@@H](CO)O2)c(=O)[nH]c1=O.Cl. The van der Waals surface area contributed by atoms with E-state index >= 15 is 0 Å². The highest BCUT2D eigenvalue weighted by Gasteiger charge is 2.35. The molecule has 2 rings (SSSR count). The Morgan fingerprint density at radius 3 is 2.95 bits per heavy atom. The third-order valence-electron chi connectivity index (χ3n) is 3.04. The molecular formula is C10H14ClN5O4. The van der Waals surface area contributed by atoms with Gasteiger partial charge in [-0.15, -0.1) is 12.4 Å². The lowest BCUT2D eigenvalue weighted by molar-refractivity contribution is -0.0271. The summed E-state index contributed by atoms with van der Waals surface area (Å²) < 4.78 is 6.69. The molecule has 0 spiro atoms. The lowest BCUT2D eigenvalue weighted by Crippen LogP contribution is -2.33. The van der Waals surface area contributed by atoms with Crippen molar-refractivity contribution in [2.45, 2.75) is 31.7 Å². The number of azide groups is 1. The molecule has 1 aliphatic rings. The Kier molecular flexibility index (Phi) is 5.34. The third-order valence-corrected chi connectivity index (χ3v) is 3.04. The maximum Gasteiger partial charge on any atom is 0.330 e. The number of ether oxygens (including phenoxy) is 1. The first-order valence-corrected chi connectivity index (χ1v) is 5.69. The van der Waals surface area contributed by atoms with E-state index in [0.29, 0.717) is 5.56 Å². The van der Waals surface area contributed by atoms with Gasteiger partial charge in [-0.25, -0.2) is 4.79 Å². The van der Waals surface area contributed by atoms with Gasteiger partial charge in [-0.05, 0) is 12.5 Å². The maximum absolute atomic E-state index is 11.7.